The Morgan fingerprint density at radius 1 is 1.03 bits per heavy atom. The highest BCUT2D eigenvalue weighted by Crippen LogP contribution is 2.54. The van der Waals surface area contributed by atoms with E-state index in [1.807, 2.05) is 17.5 Å². The highest BCUT2D eigenvalue weighted by atomic mass is 32.1. The number of thiophene rings is 1. The Hall–Kier alpha value is -3.36. The molecule has 2 aliphatic heterocycles. The van der Waals surface area contributed by atoms with E-state index in [2.05, 4.69) is 5.32 Å². The van der Waals surface area contributed by atoms with Gasteiger partial charge in [-0.25, -0.2) is 14.1 Å². The van der Waals surface area contributed by atoms with Crippen LogP contribution in [0.3, 0.4) is 0 Å². The molecule has 0 unspecified atom stereocenters. The summed E-state index contributed by atoms with van der Waals surface area (Å²) >= 11 is 1.42. The zero-order valence-electron chi connectivity index (χ0n) is 17.0. The summed E-state index contributed by atoms with van der Waals surface area (Å²) in [6.07, 6.45) is 0. The third kappa shape index (κ3) is 2.76. The van der Waals surface area contributed by atoms with E-state index >= 15 is 0 Å². The molecule has 2 fully saturated rings. The first kappa shape index (κ1) is 20.5. The summed E-state index contributed by atoms with van der Waals surface area (Å²) in [4.78, 5) is 42.4. The van der Waals surface area contributed by atoms with Crippen molar-refractivity contribution in [3.8, 4) is 0 Å². The molecule has 1 N–H and O–H groups in total. The standard InChI is InChI=1S/C24H19FN2O4S/c1-31-23(30)24(14-8-3-2-4-9-14)19-18(20(26-24)17-12-7-13-32-17)21(28)27(22(19)29)16-11-6-5-10-15(16)25/h2-13,18-20,26H,1H3/t18-,19+,20-,24-/m0/s1. The first-order valence-electron chi connectivity index (χ1n) is 10.1. The lowest BCUT2D eigenvalue weighted by molar-refractivity contribution is -0.152. The van der Waals surface area contributed by atoms with E-state index in [0.717, 1.165) is 9.78 Å². The average molecular weight is 450 g/mol. The summed E-state index contributed by atoms with van der Waals surface area (Å²) in [7, 11) is 1.25. The Labute approximate surface area is 187 Å². The summed E-state index contributed by atoms with van der Waals surface area (Å²) in [5.74, 6) is -4.53. The largest absolute Gasteiger partial charge is 0.467 e. The van der Waals surface area contributed by atoms with Crippen molar-refractivity contribution < 1.29 is 23.5 Å². The van der Waals surface area contributed by atoms with Gasteiger partial charge in [0.2, 0.25) is 11.8 Å². The van der Waals surface area contributed by atoms with Crippen molar-refractivity contribution in [1.82, 2.24) is 5.32 Å². The number of hydrogen-bond donors (Lipinski definition) is 1. The van der Waals surface area contributed by atoms with Gasteiger partial charge in [0, 0.05) is 4.88 Å². The number of carbonyl (C=O) groups excluding carboxylic acids is 3. The summed E-state index contributed by atoms with van der Waals surface area (Å²) < 4.78 is 19.8. The lowest BCUT2D eigenvalue weighted by Gasteiger charge is -2.32. The predicted molar refractivity (Wildman–Crippen MR) is 116 cm³/mol. The Kier molecular flexibility index (Phi) is 4.91. The Morgan fingerprint density at radius 3 is 2.41 bits per heavy atom. The van der Waals surface area contributed by atoms with E-state index in [4.69, 9.17) is 4.74 Å². The minimum atomic E-state index is -1.60. The monoisotopic (exact) mass is 450 g/mol. The molecule has 5 rings (SSSR count). The molecule has 0 radical (unpaired) electrons. The van der Waals surface area contributed by atoms with Crippen molar-refractivity contribution in [2.45, 2.75) is 11.6 Å². The second-order valence-electron chi connectivity index (χ2n) is 7.77. The normalized spacial score (nSPS) is 26.9. The van der Waals surface area contributed by atoms with Crippen LogP contribution in [0.2, 0.25) is 0 Å². The van der Waals surface area contributed by atoms with Crippen LogP contribution in [-0.4, -0.2) is 24.9 Å². The maximum atomic E-state index is 14.6. The van der Waals surface area contributed by atoms with Crippen molar-refractivity contribution in [2.24, 2.45) is 11.8 Å². The topological polar surface area (TPSA) is 75.7 Å². The number of amides is 2. The van der Waals surface area contributed by atoms with Crippen LogP contribution in [0.1, 0.15) is 16.5 Å². The van der Waals surface area contributed by atoms with Crippen LogP contribution in [0.25, 0.3) is 0 Å². The van der Waals surface area contributed by atoms with Gasteiger partial charge in [0.1, 0.15) is 5.82 Å². The maximum absolute atomic E-state index is 14.6. The average Bonchev–Trinajstić information content (AvgIpc) is 3.52. The van der Waals surface area contributed by atoms with Crippen molar-refractivity contribution in [3.05, 3.63) is 88.4 Å². The number of methoxy groups -OCH3 is 1. The predicted octanol–water partition coefficient (Wildman–Crippen LogP) is 3.41. The zero-order valence-corrected chi connectivity index (χ0v) is 17.8. The van der Waals surface area contributed by atoms with E-state index in [-0.39, 0.29) is 5.69 Å². The number of imide groups is 1. The first-order valence-corrected chi connectivity index (χ1v) is 11.0. The number of ether oxygens (including phenoxy) is 1. The van der Waals surface area contributed by atoms with Gasteiger partial charge in [-0.2, -0.15) is 0 Å². The van der Waals surface area contributed by atoms with Crippen LogP contribution >= 0.6 is 11.3 Å². The minimum absolute atomic E-state index is 0.117. The van der Waals surface area contributed by atoms with Crippen molar-refractivity contribution in [2.75, 3.05) is 12.0 Å². The van der Waals surface area contributed by atoms with Crippen LogP contribution in [-0.2, 0) is 24.7 Å². The number of halogens is 1. The highest BCUT2D eigenvalue weighted by Gasteiger charge is 2.70. The zero-order chi connectivity index (χ0) is 22.5. The molecule has 3 aromatic rings. The lowest BCUT2D eigenvalue weighted by atomic mass is 9.75. The van der Waals surface area contributed by atoms with E-state index in [1.54, 1.807) is 36.4 Å². The molecule has 6 nitrogen and oxygen atoms in total. The first-order chi connectivity index (χ1) is 15.5. The molecule has 2 saturated heterocycles. The van der Waals surface area contributed by atoms with Gasteiger partial charge in [-0.05, 0) is 29.1 Å². The minimum Gasteiger partial charge on any atom is -0.467 e. The number of para-hydroxylation sites is 1. The van der Waals surface area contributed by atoms with E-state index in [0.29, 0.717) is 5.56 Å². The molecule has 4 atom stereocenters. The molecule has 162 valence electrons. The van der Waals surface area contributed by atoms with Gasteiger partial charge in [-0.1, -0.05) is 48.5 Å². The summed E-state index contributed by atoms with van der Waals surface area (Å²) in [6.45, 7) is 0. The maximum Gasteiger partial charge on any atom is 0.331 e. The van der Waals surface area contributed by atoms with Gasteiger partial charge in [0.15, 0.2) is 5.54 Å². The van der Waals surface area contributed by atoms with E-state index < -0.39 is 47.0 Å². The fourth-order valence-corrected chi connectivity index (χ4v) is 5.75. The van der Waals surface area contributed by atoms with Crippen molar-refractivity contribution in [1.29, 1.82) is 0 Å². The molecule has 0 saturated carbocycles. The molecular formula is C24H19FN2O4S. The third-order valence-corrected chi connectivity index (χ3v) is 7.19. The van der Waals surface area contributed by atoms with Gasteiger partial charge < -0.3 is 4.74 Å². The number of nitrogens with zero attached hydrogens (tertiary/aromatic N) is 1. The van der Waals surface area contributed by atoms with Gasteiger partial charge >= 0.3 is 5.97 Å². The number of anilines is 1. The third-order valence-electron chi connectivity index (χ3n) is 6.24. The molecule has 32 heavy (non-hydrogen) atoms. The number of fused-ring (bicyclic) bond motifs is 1. The van der Waals surface area contributed by atoms with Gasteiger partial charge in [-0.15, -0.1) is 11.3 Å². The molecule has 1 aromatic heterocycles. The van der Waals surface area contributed by atoms with Crippen LogP contribution in [0.15, 0.2) is 72.1 Å². The quantitative estimate of drug-likeness (QED) is 0.487. The number of rotatable bonds is 4. The Bertz CT molecular complexity index is 1200. The smallest absolute Gasteiger partial charge is 0.331 e. The van der Waals surface area contributed by atoms with Gasteiger partial charge in [0.05, 0.1) is 30.7 Å². The summed E-state index contributed by atoms with van der Waals surface area (Å²) in [5.41, 5.74) is -1.20. The van der Waals surface area contributed by atoms with Crippen LogP contribution in [0.4, 0.5) is 10.1 Å². The number of carbonyl (C=O) groups is 3. The fourth-order valence-electron chi connectivity index (χ4n) is 4.92. The van der Waals surface area contributed by atoms with Crippen molar-refractivity contribution >= 4 is 34.8 Å². The van der Waals surface area contributed by atoms with Crippen LogP contribution in [0, 0.1) is 17.7 Å². The van der Waals surface area contributed by atoms with Gasteiger partial charge in [0.25, 0.3) is 0 Å². The molecule has 2 aromatic carbocycles. The molecule has 2 aliphatic rings. The van der Waals surface area contributed by atoms with Crippen molar-refractivity contribution in [3.63, 3.8) is 0 Å². The highest BCUT2D eigenvalue weighted by molar-refractivity contribution is 7.10. The number of esters is 1. The SMILES string of the molecule is COC(=O)[C@@]1(c2ccccc2)N[C@@H](c2cccs2)[C@H]2C(=O)N(c3ccccc3F)C(=O)[C@@H]21. The second kappa shape index (κ2) is 7.65. The molecule has 3 heterocycles. The molecule has 8 heteroatoms. The number of hydrogen-bond acceptors (Lipinski definition) is 6. The summed E-state index contributed by atoms with van der Waals surface area (Å²) in [6, 6.07) is 17.5. The van der Waals surface area contributed by atoms with E-state index in [1.165, 1.54) is 36.6 Å². The molecule has 0 spiro atoms. The van der Waals surface area contributed by atoms with Crippen LogP contribution < -0.4 is 10.2 Å². The molecule has 0 aliphatic carbocycles. The molecule has 2 amide bonds. The van der Waals surface area contributed by atoms with Gasteiger partial charge in [-0.3, -0.25) is 14.9 Å². The van der Waals surface area contributed by atoms with Crippen LogP contribution in [0.5, 0.6) is 0 Å². The number of nitrogens with one attached hydrogen (secondary N) is 1. The molecular weight excluding hydrogens is 431 g/mol. The second-order valence-corrected chi connectivity index (χ2v) is 8.75. The number of benzene rings is 2. The summed E-state index contributed by atoms with van der Waals surface area (Å²) in [5, 5.41) is 5.16. The van der Waals surface area contributed by atoms with E-state index in [9.17, 15) is 18.8 Å². The Morgan fingerprint density at radius 2 is 1.75 bits per heavy atom. The fraction of sp³-hybridized carbons (Fsp3) is 0.208. The lowest BCUT2D eigenvalue weighted by Crippen LogP contribution is -2.53. The Balaban J connectivity index is 1.74. The molecule has 0 bridgehead atoms.